The minimum Gasteiger partial charge on any atom is -0.397 e. The third-order valence-electron chi connectivity index (χ3n) is 2.52. The van der Waals surface area contributed by atoms with Gasteiger partial charge in [-0.1, -0.05) is 6.07 Å². The molecule has 3 heteroatoms. The van der Waals surface area contributed by atoms with Crippen molar-refractivity contribution in [3.8, 4) is 0 Å². The molecule has 1 rings (SSSR count). The van der Waals surface area contributed by atoms with E-state index in [0.29, 0.717) is 0 Å². The van der Waals surface area contributed by atoms with Crippen LogP contribution in [0.1, 0.15) is 12.0 Å². The second-order valence-electron chi connectivity index (χ2n) is 3.94. The zero-order valence-electron chi connectivity index (χ0n) is 9.88. The number of nitrogens with one attached hydrogen (secondary N) is 1. The summed E-state index contributed by atoms with van der Waals surface area (Å²) in [5, 5.41) is 3.14. The molecule has 0 unspecified atom stereocenters. The highest BCUT2D eigenvalue weighted by atomic mass is 15.1. The van der Waals surface area contributed by atoms with Gasteiger partial charge in [-0.3, -0.25) is 0 Å². The van der Waals surface area contributed by atoms with Gasteiger partial charge < -0.3 is 16.0 Å². The van der Waals surface area contributed by atoms with Gasteiger partial charge in [-0.25, -0.2) is 0 Å². The first-order valence-corrected chi connectivity index (χ1v) is 5.37. The van der Waals surface area contributed by atoms with E-state index < -0.39 is 0 Å². The van der Waals surface area contributed by atoms with Gasteiger partial charge in [0.2, 0.25) is 0 Å². The highest BCUT2D eigenvalue weighted by molar-refractivity contribution is 5.68. The van der Waals surface area contributed by atoms with Crippen LogP contribution in [0.4, 0.5) is 11.4 Å². The largest absolute Gasteiger partial charge is 0.397 e. The highest BCUT2D eigenvalue weighted by Crippen LogP contribution is 2.23. The SMILES string of the molecule is CNCCCN(C)c1cc(C)ccc1N. The first-order chi connectivity index (χ1) is 7.15. The maximum Gasteiger partial charge on any atom is 0.0599 e. The molecule has 0 spiro atoms. The van der Waals surface area contributed by atoms with E-state index in [2.05, 4.69) is 30.3 Å². The molecule has 84 valence electrons. The number of benzene rings is 1. The Balaban J connectivity index is 2.64. The third kappa shape index (κ3) is 3.44. The fraction of sp³-hybridized carbons (Fsp3) is 0.500. The van der Waals surface area contributed by atoms with Gasteiger partial charge in [0.15, 0.2) is 0 Å². The van der Waals surface area contributed by atoms with Crippen LogP contribution in [0.3, 0.4) is 0 Å². The van der Waals surface area contributed by atoms with E-state index in [1.165, 1.54) is 5.56 Å². The van der Waals surface area contributed by atoms with Crippen LogP contribution >= 0.6 is 0 Å². The maximum absolute atomic E-state index is 5.94. The molecule has 0 aliphatic heterocycles. The number of nitrogen functional groups attached to an aromatic ring is 1. The Morgan fingerprint density at radius 2 is 2.13 bits per heavy atom. The van der Waals surface area contributed by atoms with Gasteiger partial charge in [-0.2, -0.15) is 0 Å². The van der Waals surface area contributed by atoms with E-state index in [1.807, 2.05) is 19.2 Å². The molecule has 0 amide bonds. The molecule has 0 aliphatic carbocycles. The molecule has 0 aromatic heterocycles. The number of hydrogen-bond donors (Lipinski definition) is 2. The monoisotopic (exact) mass is 207 g/mol. The van der Waals surface area contributed by atoms with Crippen LogP contribution in [-0.2, 0) is 0 Å². The number of anilines is 2. The molecule has 0 saturated heterocycles. The predicted molar refractivity (Wildman–Crippen MR) is 67.4 cm³/mol. The van der Waals surface area contributed by atoms with Crippen molar-refractivity contribution in [1.82, 2.24) is 5.32 Å². The summed E-state index contributed by atoms with van der Waals surface area (Å²) in [4.78, 5) is 2.21. The molecular weight excluding hydrogens is 186 g/mol. The zero-order valence-corrected chi connectivity index (χ0v) is 9.88. The fourth-order valence-corrected chi connectivity index (χ4v) is 1.60. The second-order valence-corrected chi connectivity index (χ2v) is 3.94. The van der Waals surface area contributed by atoms with Gasteiger partial charge in [-0.05, 0) is 44.6 Å². The van der Waals surface area contributed by atoms with Crippen molar-refractivity contribution < 1.29 is 0 Å². The number of aryl methyl sites for hydroxylation is 1. The Morgan fingerprint density at radius 1 is 1.40 bits per heavy atom. The molecule has 0 atom stereocenters. The van der Waals surface area contributed by atoms with Gasteiger partial charge in [0.1, 0.15) is 0 Å². The lowest BCUT2D eigenvalue weighted by molar-refractivity contribution is 0.713. The van der Waals surface area contributed by atoms with E-state index >= 15 is 0 Å². The Hall–Kier alpha value is -1.22. The van der Waals surface area contributed by atoms with E-state index in [4.69, 9.17) is 5.73 Å². The Labute approximate surface area is 92.3 Å². The van der Waals surface area contributed by atoms with Crippen molar-refractivity contribution >= 4 is 11.4 Å². The molecular formula is C12H21N3. The summed E-state index contributed by atoms with van der Waals surface area (Å²) in [7, 11) is 4.06. The summed E-state index contributed by atoms with van der Waals surface area (Å²) in [5.74, 6) is 0. The van der Waals surface area contributed by atoms with Gasteiger partial charge in [0.25, 0.3) is 0 Å². The van der Waals surface area contributed by atoms with Crippen LogP contribution in [0.2, 0.25) is 0 Å². The summed E-state index contributed by atoms with van der Waals surface area (Å²) >= 11 is 0. The van der Waals surface area contributed by atoms with Crippen molar-refractivity contribution in [1.29, 1.82) is 0 Å². The van der Waals surface area contributed by atoms with Crippen LogP contribution in [-0.4, -0.2) is 27.2 Å². The maximum atomic E-state index is 5.94. The lowest BCUT2D eigenvalue weighted by Crippen LogP contribution is -2.23. The van der Waals surface area contributed by atoms with Crippen molar-refractivity contribution in [2.75, 3.05) is 37.8 Å². The number of nitrogens with two attached hydrogens (primary N) is 1. The zero-order chi connectivity index (χ0) is 11.3. The van der Waals surface area contributed by atoms with E-state index in [1.54, 1.807) is 0 Å². The van der Waals surface area contributed by atoms with Crippen LogP contribution in [0.5, 0.6) is 0 Å². The third-order valence-corrected chi connectivity index (χ3v) is 2.52. The molecule has 1 aromatic carbocycles. The van der Waals surface area contributed by atoms with Crippen LogP contribution in [0.15, 0.2) is 18.2 Å². The lowest BCUT2D eigenvalue weighted by atomic mass is 10.2. The molecule has 15 heavy (non-hydrogen) atoms. The summed E-state index contributed by atoms with van der Waals surface area (Å²) in [6, 6.07) is 6.15. The molecule has 0 saturated carbocycles. The lowest BCUT2D eigenvalue weighted by Gasteiger charge is -2.21. The molecule has 0 bridgehead atoms. The molecule has 3 N–H and O–H groups in total. The van der Waals surface area contributed by atoms with Gasteiger partial charge in [-0.15, -0.1) is 0 Å². The summed E-state index contributed by atoms with van der Waals surface area (Å²) < 4.78 is 0. The van der Waals surface area contributed by atoms with Crippen molar-refractivity contribution in [3.63, 3.8) is 0 Å². The molecule has 0 aliphatic rings. The number of rotatable bonds is 5. The summed E-state index contributed by atoms with van der Waals surface area (Å²) in [6.07, 6.45) is 1.13. The Bertz CT molecular complexity index is 310. The minimum atomic E-state index is 0.854. The molecule has 3 nitrogen and oxygen atoms in total. The van der Waals surface area contributed by atoms with Crippen LogP contribution < -0.4 is 16.0 Å². The molecule has 0 heterocycles. The van der Waals surface area contributed by atoms with Crippen molar-refractivity contribution in [2.45, 2.75) is 13.3 Å². The minimum absolute atomic E-state index is 0.854. The molecule has 0 fully saturated rings. The average Bonchev–Trinajstić information content (AvgIpc) is 2.22. The van der Waals surface area contributed by atoms with E-state index in [0.717, 1.165) is 30.9 Å². The topological polar surface area (TPSA) is 41.3 Å². The first kappa shape index (κ1) is 11.9. The summed E-state index contributed by atoms with van der Waals surface area (Å²) in [6.45, 7) is 4.15. The predicted octanol–water partition coefficient (Wildman–Crippen LogP) is 1.62. The Kier molecular flexibility index (Phi) is 4.43. The van der Waals surface area contributed by atoms with Gasteiger partial charge >= 0.3 is 0 Å². The fourth-order valence-electron chi connectivity index (χ4n) is 1.60. The highest BCUT2D eigenvalue weighted by Gasteiger charge is 2.04. The first-order valence-electron chi connectivity index (χ1n) is 5.37. The van der Waals surface area contributed by atoms with E-state index in [-0.39, 0.29) is 0 Å². The van der Waals surface area contributed by atoms with Gasteiger partial charge in [0.05, 0.1) is 11.4 Å². The van der Waals surface area contributed by atoms with Crippen molar-refractivity contribution in [2.24, 2.45) is 0 Å². The Morgan fingerprint density at radius 3 is 2.80 bits per heavy atom. The number of nitrogens with zero attached hydrogens (tertiary/aromatic N) is 1. The second kappa shape index (κ2) is 5.61. The van der Waals surface area contributed by atoms with Crippen molar-refractivity contribution in [3.05, 3.63) is 23.8 Å². The quantitative estimate of drug-likeness (QED) is 0.569. The average molecular weight is 207 g/mol. The molecule has 0 radical (unpaired) electrons. The normalized spacial score (nSPS) is 10.3. The standard InChI is InChI=1S/C12H21N3/c1-10-5-6-11(13)12(9-10)15(3)8-4-7-14-2/h5-6,9,14H,4,7-8,13H2,1-3H3. The van der Waals surface area contributed by atoms with Gasteiger partial charge in [0, 0.05) is 13.6 Å². The van der Waals surface area contributed by atoms with Crippen LogP contribution in [0, 0.1) is 6.92 Å². The molecule has 1 aromatic rings. The summed E-state index contributed by atoms with van der Waals surface area (Å²) in [5.41, 5.74) is 9.17. The van der Waals surface area contributed by atoms with E-state index in [9.17, 15) is 0 Å². The van der Waals surface area contributed by atoms with Crippen LogP contribution in [0.25, 0.3) is 0 Å². The number of hydrogen-bond acceptors (Lipinski definition) is 3. The smallest absolute Gasteiger partial charge is 0.0599 e.